The summed E-state index contributed by atoms with van der Waals surface area (Å²) in [5.41, 5.74) is 5.36. The molecule has 4 nitrogen and oxygen atoms in total. The molecule has 0 radical (unpaired) electrons. The van der Waals surface area contributed by atoms with Gasteiger partial charge in [-0.2, -0.15) is 0 Å². The first-order chi connectivity index (χ1) is 8.06. The van der Waals surface area contributed by atoms with E-state index in [4.69, 9.17) is 10.5 Å². The quantitative estimate of drug-likeness (QED) is 0.791. The Morgan fingerprint density at radius 3 is 2.88 bits per heavy atom. The SMILES string of the molecule is CCOCCNc1cc(Br)cc(F)c1C(N)=O. The first-order valence-corrected chi connectivity index (χ1v) is 5.96. The van der Waals surface area contributed by atoms with Gasteiger partial charge in [0.1, 0.15) is 5.82 Å². The number of anilines is 1. The van der Waals surface area contributed by atoms with Gasteiger partial charge in [-0.15, -0.1) is 0 Å². The van der Waals surface area contributed by atoms with Crippen molar-refractivity contribution in [3.63, 3.8) is 0 Å². The zero-order valence-electron chi connectivity index (χ0n) is 9.43. The van der Waals surface area contributed by atoms with Crippen molar-refractivity contribution in [3.8, 4) is 0 Å². The lowest BCUT2D eigenvalue weighted by Gasteiger charge is -2.11. The van der Waals surface area contributed by atoms with Crippen molar-refractivity contribution < 1.29 is 13.9 Å². The van der Waals surface area contributed by atoms with Crippen molar-refractivity contribution in [1.82, 2.24) is 0 Å². The molecule has 0 aliphatic rings. The molecule has 1 amide bonds. The first kappa shape index (κ1) is 13.9. The second-order valence-corrected chi connectivity index (χ2v) is 4.21. The predicted molar refractivity (Wildman–Crippen MR) is 67.6 cm³/mol. The summed E-state index contributed by atoms with van der Waals surface area (Å²) in [6.07, 6.45) is 0. The third-order valence-corrected chi connectivity index (χ3v) is 2.53. The molecule has 0 bridgehead atoms. The summed E-state index contributed by atoms with van der Waals surface area (Å²) in [7, 11) is 0. The monoisotopic (exact) mass is 304 g/mol. The number of benzene rings is 1. The molecule has 0 aliphatic heterocycles. The molecular weight excluding hydrogens is 291 g/mol. The van der Waals surface area contributed by atoms with Gasteiger partial charge in [0.25, 0.3) is 5.91 Å². The van der Waals surface area contributed by atoms with E-state index in [0.29, 0.717) is 29.9 Å². The van der Waals surface area contributed by atoms with Crippen molar-refractivity contribution in [3.05, 3.63) is 28.0 Å². The van der Waals surface area contributed by atoms with Crippen molar-refractivity contribution >= 4 is 27.5 Å². The van der Waals surface area contributed by atoms with Crippen LogP contribution in [-0.4, -0.2) is 25.7 Å². The van der Waals surface area contributed by atoms with E-state index in [0.717, 1.165) is 0 Å². The third kappa shape index (κ3) is 3.98. The Bertz CT molecular complexity index is 413. The van der Waals surface area contributed by atoms with Crippen LogP contribution in [0.2, 0.25) is 0 Å². The number of primary amides is 1. The topological polar surface area (TPSA) is 64.3 Å². The second kappa shape index (κ2) is 6.56. The van der Waals surface area contributed by atoms with Crippen molar-refractivity contribution in [2.45, 2.75) is 6.92 Å². The minimum Gasteiger partial charge on any atom is -0.382 e. The highest BCUT2D eigenvalue weighted by molar-refractivity contribution is 9.10. The highest BCUT2D eigenvalue weighted by atomic mass is 79.9. The summed E-state index contributed by atoms with van der Waals surface area (Å²) >= 11 is 3.16. The Morgan fingerprint density at radius 1 is 1.59 bits per heavy atom. The number of carbonyl (C=O) groups excluding carboxylic acids is 1. The number of ether oxygens (including phenoxy) is 1. The Balaban J connectivity index is 2.85. The largest absolute Gasteiger partial charge is 0.382 e. The van der Waals surface area contributed by atoms with E-state index in [1.807, 2.05) is 6.92 Å². The lowest BCUT2D eigenvalue weighted by atomic mass is 10.1. The molecule has 0 heterocycles. The molecule has 94 valence electrons. The summed E-state index contributed by atoms with van der Waals surface area (Å²) in [6.45, 7) is 3.44. The van der Waals surface area contributed by atoms with Crippen molar-refractivity contribution in [2.24, 2.45) is 5.73 Å². The van der Waals surface area contributed by atoms with Gasteiger partial charge in [0.2, 0.25) is 0 Å². The Labute approximate surface area is 107 Å². The average Bonchev–Trinajstić information content (AvgIpc) is 2.22. The smallest absolute Gasteiger partial charge is 0.253 e. The Hall–Kier alpha value is -1.14. The van der Waals surface area contributed by atoms with Gasteiger partial charge < -0.3 is 15.8 Å². The molecule has 0 aromatic heterocycles. The number of rotatable bonds is 6. The van der Waals surface area contributed by atoms with Crippen LogP contribution in [0.25, 0.3) is 0 Å². The fraction of sp³-hybridized carbons (Fsp3) is 0.364. The summed E-state index contributed by atoms with van der Waals surface area (Å²) in [6, 6.07) is 2.81. The van der Waals surface area contributed by atoms with E-state index in [2.05, 4.69) is 21.2 Å². The summed E-state index contributed by atoms with van der Waals surface area (Å²) in [5, 5.41) is 2.92. The van der Waals surface area contributed by atoms with Crippen LogP contribution in [0.15, 0.2) is 16.6 Å². The van der Waals surface area contributed by atoms with Gasteiger partial charge in [-0.1, -0.05) is 15.9 Å². The number of hydrogen-bond donors (Lipinski definition) is 2. The molecule has 0 saturated carbocycles. The molecule has 1 aromatic rings. The van der Waals surface area contributed by atoms with E-state index in [1.165, 1.54) is 6.07 Å². The lowest BCUT2D eigenvalue weighted by Crippen LogP contribution is -2.18. The maximum absolute atomic E-state index is 13.5. The molecule has 0 saturated heterocycles. The number of hydrogen-bond acceptors (Lipinski definition) is 3. The van der Waals surface area contributed by atoms with Gasteiger partial charge in [0.15, 0.2) is 0 Å². The molecule has 0 unspecified atom stereocenters. The van der Waals surface area contributed by atoms with Gasteiger partial charge in [0, 0.05) is 17.6 Å². The predicted octanol–water partition coefficient (Wildman–Crippen LogP) is 2.14. The van der Waals surface area contributed by atoms with Crippen LogP contribution in [0.1, 0.15) is 17.3 Å². The fourth-order valence-corrected chi connectivity index (χ4v) is 1.80. The zero-order chi connectivity index (χ0) is 12.8. The number of nitrogens with one attached hydrogen (secondary N) is 1. The number of carbonyl (C=O) groups is 1. The summed E-state index contributed by atoms with van der Waals surface area (Å²) in [5.74, 6) is -1.44. The molecule has 3 N–H and O–H groups in total. The highest BCUT2D eigenvalue weighted by Crippen LogP contribution is 2.24. The van der Waals surface area contributed by atoms with Gasteiger partial charge >= 0.3 is 0 Å². The molecule has 1 rings (SSSR count). The standard InChI is InChI=1S/C11H14BrFN2O2/c1-2-17-4-3-15-9-6-7(12)5-8(13)10(9)11(14)16/h5-6,15H,2-4H2,1H3,(H2,14,16). The van der Waals surface area contributed by atoms with Gasteiger partial charge in [0.05, 0.1) is 17.9 Å². The Kier molecular flexibility index (Phi) is 5.37. The maximum atomic E-state index is 13.5. The molecular formula is C11H14BrFN2O2. The maximum Gasteiger partial charge on any atom is 0.253 e. The number of amides is 1. The second-order valence-electron chi connectivity index (χ2n) is 3.30. The number of nitrogens with two attached hydrogens (primary N) is 1. The zero-order valence-corrected chi connectivity index (χ0v) is 11.0. The van der Waals surface area contributed by atoms with Crippen LogP contribution < -0.4 is 11.1 Å². The molecule has 17 heavy (non-hydrogen) atoms. The molecule has 0 atom stereocenters. The van der Waals surface area contributed by atoms with Gasteiger partial charge in [-0.3, -0.25) is 4.79 Å². The molecule has 0 spiro atoms. The van der Waals surface area contributed by atoms with E-state index < -0.39 is 11.7 Å². The highest BCUT2D eigenvalue weighted by Gasteiger charge is 2.15. The van der Waals surface area contributed by atoms with E-state index in [1.54, 1.807) is 6.07 Å². The van der Waals surface area contributed by atoms with Crippen LogP contribution >= 0.6 is 15.9 Å². The minimum atomic E-state index is -0.797. The lowest BCUT2D eigenvalue weighted by molar-refractivity contribution is 0.0997. The Morgan fingerprint density at radius 2 is 2.29 bits per heavy atom. The molecule has 0 fully saturated rings. The van der Waals surface area contributed by atoms with E-state index in [9.17, 15) is 9.18 Å². The van der Waals surface area contributed by atoms with E-state index >= 15 is 0 Å². The summed E-state index contributed by atoms with van der Waals surface area (Å²) in [4.78, 5) is 11.1. The molecule has 6 heteroatoms. The van der Waals surface area contributed by atoms with Crippen LogP contribution in [0.4, 0.5) is 10.1 Å². The summed E-state index contributed by atoms with van der Waals surface area (Å²) < 4.78 is 19.2. The van der Waals surface area contributed by atoms with Crippen LogP contribution in [0.3, 0.4) is 0 Å². The molecule has 0 aliphatic carbocycles. The van der Waals surface area contributed by atoms with Crippen molar-refractivity contribution in [2.75, 3.05) is 25.1 Å². The van der Waals surface area contributed by atoms with Gasteiger partial charge in [-0.25, -0.2) is 4.39 Å². The average molecular weight is 305 g/mol. The third-order valence-electron chi connectivity index (χ3n) is 2.07. The van der Waals surface area contributed by atoms with Crippen LogP contribution in [-0.2, 0) is 4.74 Å². The first-order valence-electron chi connectivity index (χ1n) is 5.16. The molecule has 1 aromatic carbocycles. The van der Waals surface area contributed by atoms with E-state index in [-0.39, 0.29) is 5.56 Å². The fourth-order valence-electron chi connectivity index (χ4n) is 1.37. The normalized spacial score (nSPS) is 10.3. The van der Waals surface area contributed by atoms with Crippen LogP contribution in [0.5, 0.6) is 0 Å². The number of halogens is 2. The van der Waals surface area contributed by atoms with Crippen molar-refractivity contribution in [1.29, 1.82) is 0 Å². The van der Waals surface area contributed by atoms with Crippen LogP contribution in [0, 0.1) is 5.82 Å². The van der Waals surface area contributed by atoms with Gasteiger partial charge in [-0.05, 0) is 19.1 Å². The minimum absolute atomic E-state index is 0.135.